The molecule has 4 nitrogen and oxygen atoms in total. The summed E-state index contributed by atoms with van der Waals surface area (Å²) in [6, 6.07) is 8.33. The number of rotatable bonds is 5. The number of hydrogen-bond acceptors (Lipinski definition) is 3. The van der Waals surface area contributed by atoms with Gasteiger partial charge in [-0.15, -0.1) is 0 Å². The molecule has 1 N–H and O–H groups in total. The highest BCUT2D eigenvalue weighted by molar-refractivity contribution is 6.30. The number of hydrogen-bond donors (Lipinski definition) is 1. The number of benzene rings is 2. The van der Waals surface area contributed by atoms with E-state index < -0.39 is 11.8 Å². The Bertz CT molecular complexity index is 673. The monoisotopic (exact) mass is 310 g/mol. The van der Waals surface area contributed by atoms with Gasteiger partial charge in [-0.1, -0.05) is 11.6 Å². The second-order valence-corrected chi connectivity index (χ2v) is 4.63. The van der Waals surface area contributed by atoms with E-state index in [1.165, 1.54) is 43.5 Å². The molecule has 2 aromatic rings. The van der Waals surface area contributed by atoms with Crippen molar-refractivity contribution >= 4 is 17.6 Å². The van der Waals surface area contributed by atoms with Crippen molar-refractivity contribution in [1.82, 2.24) is 0 Å². The Labute approximate surface area is 125 Å². The Kier molecular flexibility index (Phi) is 4.65. The topological polar surface area (TPSA) is 55.8 Å². The molecule has 0 saturated heterocycles. The molecule has 0 aliphatic rings. The van der Waals surface area contributed by atoms with Crippen molar-refractivity contribution in [2.75, 3.05) is 7.11 Å². The van der Waals surface area contributed by atoms with E-state index in [1.54, 1.807) is 0 Å². The molecule has 110 valence electrons. The van der Waals surface area contributed by atoms with Gasteiger partial charge < -0.3 is 14.6 Å². The van der Waals surface area contributed by atoms with Crippen molar-refractivity contribution in [3.63, 3.8) is 0 Å². The molecule has 0 spiro atoms. The van der Waals surface area contributed by atoms with Crippen LogP contribution < -0.4 is 9.47 Å². The summed E-state index contributed by atoms with van der Waals surface area (Å²) in [6.45, 7) is -0.0914. The Morgan fingerprint density at radius 2 is 2.00 bits per heavy atom. The van der Waals surface area contributed by atoms with Crippen LogP contribution in [0.15, 0.2) is 36.4 Å². The maximum Gasteiger partial charge on any atom is 0.335 e. The number of carboxylic acids is 1. The van der Waals surface area contributed by atoms with Crippen LogP contribution in [-0.2, 0) is 6.61 Å². The zero-order valence-corrected chi connectivity index (χ0v) is 11.9. The lowest BCUT2D eigenvalue weighted by Gasteiger charge is -2.12. The van der Waals surface area contributed by atoms with E-state index in [0.29, 0.717) is 10.8 Å². The third-order valence-electron chi connectivity index (χ3n) is 2.80. The first-order valence-electron chi connectivity index (χ1n) is 5.99. The fourth-order valence-electron chi connectivity index (χ4n) is 1.73. The van der Waals surface area contributed by atoms with Crippen LogP contribution in [0.2, 0.25) is 5.02 Å². The van der Waals surface area contributed by atoms with Gasteiger partial charge in [0, 0.05) is 10.6 Å². The summed E-state index contributed by atoms with van der Waals surface area (Å²) in [5.74, 6) is -0.955. The van der Waals surface area contributed by atoms with Crippen LogP contribution in [-0.4, -0.2) is 18.2 Å². The fourth-order valence-corrected chi connectivity index (χ4v) is 1.93. The van der Waals surface area contributed by atoms with E-state index in [1.807, 2.05) is 0 Å². The van der Waals surface area contributed by atoms with Gasteiger partial charge in [0.15, 0.2) is 11.5 Å². The Morgan fingerprint density at radius 1 is 1.24 bits per heavy atom. The van der Waals surface area contributed by atoms with Crippen molar-refractivity contribution < 1.29 is 23.8 Å². The minimum atomic E-state index is -1.09. The predicted octanol–water partition coefficient (Wildman–Crippen LogP) is 3.76. The number of halogens is 2. The van der Waals surface area contributed by atoms with Crippen LogP contribution in [0.4, 0.5) is 4.39 Å². The number of carbonyl (C=O) groups is 1. The van der Waals surface area contributed by atoms with Crippen LogP contribution >= 0.6 is 11.6 Å². The molecule has 2 aromatic carbocycles. The van der Waals surface area contributed by atoms with Gasteiger partial charge >= 0.3 is 5.97 Å². The summed E-state index contributed by atoms with van der Waals surface area (Å²) >= 11 is 5.80. The molecule has 0 aliphatic heterocycles. The Hall–Kier alpha value is -2.27. The van der Waals surface area contributed by atoms with E-state index in [9.17, 15) is 9.18 Å². The van der Waals surface area contributed by atoms with Crippen LogP contribution in [0, 0.1) is 5.82 Å². The van der Waals surface area contributed by atoms with Crippen LogP contribution in [0.5, 0.6) is 11.5 Å². The van der Waals surface area contributed by atoms with E-state index in [4.69, 9.17) is 26.2 Å². The first-order valence-corrected chi connectivity index (χ1v) is 6.37. The summed E-state index contributed by atoms with van der Waals surface area (Å²) in [5, 5.41) is 9.35. The largest absolute Gasteiger partial charge is 0.493 e. The minimum absolute atomic E-state index is 0.0531. The quantitative estimate of drug-likeness (QED) is 0.913. The molecule has 0 radical (unpaired) electrons. The number of aromatic carboxylic acids is 1. The maximum absolute atomic E-state index is 13.6. The van der Waals surface area contributed by atoms with Crippen molar-refractivity contribution in [2.45, 2.75) is 6.61 Å². The Balaban J connectivity index is 2.24. The lowest BCUT2D eigenvalue weighted by molar-refractivity contribution is 0.0696. The lowest BCUT2D eigenvalue weighted by Crippen LogP contribution is -2.02. The molecular formula is C15H12ClFO4. The molecule has 6 heteroatoms. The van der Waals surface area contributed by atoms with Gasteiger partial charge in [-0.25, -0.2) is 9.18 Å². The third-order valence-corrected chi connectivity index (χ3v) is 3.04. The summed E-state index contributed by atoms with van der Waals surface area (Å²) in [7, 11) is 1.43. The first-order chi connectivity index (χ1) is 10.0. The summed E-state index contributed by atoms with van der Waals surface area (Å²) < 4.78 is 24.1. The van der Waals surface area contributed by atoms with Gasteiger partial charge in [-0.05, 0) is 36.4 Å². The van der Waals surface area contributed by atoms with E-state index in [-0.39, 0.29) is 23.5 Å². The van der Waals surface area contributed by atoms with E-state index in [2.05, 4.69) is 0 Å². The molecule has 0 saturated carbocycles. The Morgan fingerprint density at radius 3 is 2.67 bits per heavy atom. The van der Waals surface area contributed by atoms with Crippen molar-refractivity contribution in [2.24, 2.45) is 0 Å². The molecule has 0 unspecified atom stereocenters. The lowest BCUT2D eigenvalue weighted by atomic mass is 10.2. The normalized spacial score (nSPS) is 10.2. The van der Waals surface area contributed by atoms with Crippen molar-refractivity contribution in [1.29, 1.82) is 0 Å². The maximum atomic E-state index is 13.6. The van der Waals surface area contributed by atoms with Gasteiger partial charge in [-0.3, -0.25) is 0 Å². The molecular weight excluding hydrogens is 299 g/mol. The van der Waals surface area contributed by atoms with Crippen molar-refractivity contribution in [3.8, 4) is 11.5 Å². The zero-order chi connectivity index (χ0) is 15.4. The molecule has 0 atom stereocenters. The molecule has 0 amide bonds. The van der Waals surface area contributed by atoms with Crippen molar-refractivity contribution in [3.05, 3.63) is 58.4 Å². The second-order valence-electron chi connectivity index (χ2n) is 4.20. The first kappa shape index (κ1) is 15.1. The van der Waals surface area contributed by atoms with Gasteiger partial charge in [0.05, 0.1) is 12.7 Å². The van der Waals surface area contributed by atoms with Gasteiger partial charge in [0.2, 0.25) is 0 Å². The highest BCUT2D eigenvalue weighted by Gasteiger charge is 2.11. The van der Waals surface area contributed by atoms with Crippen LogP contribution in [0.25, 0.3) is 0 Å². The van der Waals surface area contributed by atoms with Gasteiger partial charge in [0.1, 0.15) is 12.4 Å². The summed E-state index contributed by atoms with van der Waals surface area (Å²) in [4.78, 5) is 11.0. The van der Waals surface area contributed by atoms with Crippen LogP contribution in [0.1, 0.15) is 15.9 Å². The average Bonchev–Trinajstić information content (AvgIpc) is 2.47. The van der Waals surface area contributed by atoms with Gasteiger partial charge in [-0.2, -0.15) is 0 Å². The SMILES string of the molecule is COc1ccc(C(=O)O)cc1OCc1cc(Cl)ccc1F. The fraction of sp³-hybridized carbons (Fsp3) is 0.133. The third kappa shape index (κ3) is 3.64. The zero-order valence-electron chi connectivity index (χ0n) is 11.1. The number of methoxy groups -OCH3 is 1. The summed E-state index contributed by atoms with van der Waals surface area (Å²) in [6.07, 6.45) is 0. The van der Waals surface area contributed by atoms with E-state index in [0.717, 1.165) is 0 Å². The molecule has 0 bridgehead atoms. The molecule has 2 rings (SSSR count). The van der Waals surface area contributed by atoms with Gasteiger partial charge in [0.25, 0.3) is 0 Å². The predicted molar refractivity (Wildman–Crippen MR) is 75.7 cm³/mol. The minimum Gasteiger partial charge on any atom is -0.493 e. The standard InChI is InChI=1S/C15H12ClFO4/c1-20-13-5-2-9(15(18)19)7-14(13)21-8-10-6-11(16)3-4-12(10)17/h2-7H,8H2,1H3,(H,18,19). The van der Waals surface area contributed by atoms with Crippen LogP contribution in [0.3, 0.4) is 0 Å². The molecule has 0 aliphatic carbocycles. The molecule has 0 aromatic heterocycles. The number of ether oxygens (including phenoxy) is 2. The molecule has 0 fully saturated rings. The number of carboxylic acid groups (broad SMARTS) is 1. The molecule has 21 heavy (non-hydrogen) atoms. The second kappa shape index (κ2) is 6.45. The highest BCUT2D eigenvalue weighted by atomic mass is 35.5. The summed E-state index contributed by atoms with van der Waals surface area (Å²) in [5.41, 5.74) is 0.322. The highest BCUT2D eigenvalue weighted by Crippen LogP contribution is 2.29. The van der Waals surface area contributed by atoms with E-state index >= 15 is 0 Å². The average molecular weight is 311 g/mol. The smallest absolute Gasteiger partial charge is 0.335 e. The molecule has 0 heterocycles.